The third-order valence-electron chi connectivity index (χ3n) is 2.89. The molecule has 0 aliphatic heterocycles. The van der Waals surface area contributed by atoms with Crippen molar-refractivity contribution >= 4 is 10.0 Å². The molecule has 6 nitrogen and oxygen atoms in total. The Hall–Kier alpha value is -0.890. The molecule has 0 spiro atoms. The Morgan fingerprint density at radius 3 is 2.40 bits per heavy atom. The summed E-state index contributed by atoms with van der Waals surface area (Å²) >= 11 is 0. The van der Waals surface area contributed by atoms with Crippen LogP contribution in [-0.2, 0) is 16.6 Å². The Morgan fingerprint density at radius 2 is 1.95 bits per heavy atom. The summed E-state index contributed by atoms with van der Waals surface area (Å²) < 4.78 is 26.7. The van der Waals surface area contributed by atoms with Crippen LogP contribution in [0.25, 0.3) is 0 Å². The second-order valence-electron chi connectivity index (χ2n) is 5.58. The van der Waals surface area contributed by atoms with Gasteiger partial charge in [-0.1, -0.05) is 13.8 Å². The molecule has 2 N–H and O–H groups in total. The van der Waals surface area contributed by atoms with Crippen LogP contribution in [0, 0.1) is 5.92 Å². The van der Waals surface area contributed by atoms with Crippen LogP contribution in [0.1, 0.15) is 19.5 Å². The Labute approximate surface area is 121 Å². The van der Waals surface area contributed by atoms with Crippen molar-refractivity contribution in [3.63, 3.8) is 0 Å². The monoisotopic (exact) mass is 303 g/mol. The third-order valence-corrected chi connectivity index (χ3v) is 4.73. The first kappa shape index (κ1) is 17.2. The second kappa shape index (κ2) is 7.21. The maximum Gasteiger partial charge on any atom is 0.244 e. The largest absolute Gasteiger partial charge is 0.390 e. The van der Waals surface area contributed by atoms with Crippen molar-refractivity contribution in [2.45, 2.75) is 25.3 Å². The molecule has 0 saturated carbocycles. The van der Waals surface area contributed by atoms with Gasteiger partial charge in [0.05, 0.1) is 11.5 Å². The fraction of sp³-hybridized carbons (Fsp3) is 0.692. The van der Waals surface area contributed by atoms with E-state index in [2.05, 4.69) is 4.98 Å². The molecule has 1 heterocycles. The van der Waals surface area contributed by atoms with Crippen LogP contribution in [0.15, 0.2) is 17.2 Å². The van der Waals surface area contributed by atoms with Crippen LogP contribution in [0.2, 0.25) is 0 Å². The number of hydrogen-bond acceptors (Lipinski definition) is 4. The minimum Gasteiger partial charge on any atom is -0.390 e. The van der Waals surface area contributed by atoms with E-state index >= 15 is 0 Å². The minimum absolute atomic E-state index is 0.197. The predicted octanol–water partition coefficient (Wildman–Crippen LogP) is 0.715. The molecular weight excluding hydrogens is 278 g/mol. The van der Waals surface area contributed by atoms with Gasteiger partial charge in [-0.25, -0.2) is 8.42 Å². The number of hydrogen-bond donors (Lipinski definition) is 2. The zero-order valence-corrected chi connectivity index (χ0v) is 13.4. The molecule has 0 radical (unpaired) electrons. The highest BCUT2D eigenvalue weighted by Gasteiger charge is 2.26. The van der Waals surface area contributed by atoms with Gasteiger partial charge < -0.3 is 15.0 Å². The topological polar surface area (TPSA) is 76.6 Å². The summed E-state index contributed by atoms with van der Waals surface area (Å²) in [6, 6.07) is 1.48. The molecule has 1 rings (SSSR count). The van der Waals surface area contributed by atoms with E-state index in [9.17, 15) is 8.42 Å². The van der Waals surface area contributed by atoms with E-state index in [1.54, 1.807) is 0 Å². The first-order valence-electron chi connectivity index (χ1n) is 6.70. The lowest BCUT2D eigenvalue weighted by Gasteiger charge is -2.24. The molecule has 0 atom stereocenters. The zero-order chi connectivity index (χ0) is 15.3. The van der Waals surface area contributed by atoms with Gasteiger partial charge in [-0.05, 0) is 26.1 Å². The van der Waals surface area contributed by atoms with Crippen LogP contribution < -0.4 is 0 Å². The maximum absolute atomic E-state index is 12.6. The van der Waals surface area contributed by atoms with Crippen LogP contribution in [0.5, 0.6) is 0 Å². The van der Waals surface area contributed by atoms with Gasteiger partial charge in [-0.15, -0.1) is 0 Å². The van der Waals surface area contributed by atoms with Gasteiger partial charge in [0.1, 0.15) is 0 Å². The van der Waals surface area contributed by atoms with Crippen LogP contribution in [0.4, 0.5) is 0 Å². The number of likely N-dealkylation sites (N-methyl/N-ethyl adjacent to an activating group) is 1. The Morgan fingerprint density at radius 1 is 1.30 bits per heavy atom. The van der Waals surface area contributed by atoms with Crippen LogP contribution in [0.3, 0.4) is 0 Å². The van der Waals surface area contributed by atoms with E-state index in [-0.39, 0.29) is 17.4 Å². The molecule has 116 valence electrons. The lowest BCUT2D eigenvalue weighted by molar-refractivity contribution is 0.277. The Kier molecular flexibility index (Phi) is 6.19. The molecule has 1 aromatic heterocycles. The fourth-order valence-electron chi connectivity index (χ4n) is 1.84. The molecular formula is C13H25N3O3S. The summed E-state index contributed by atoms with van der Waals surface area (Å²) in [5.74, 6) is 0.253. The molecule has 0 bridgehead atoms. The molecule has 0 aliphatic carbocycles. The number of rotatable bonds is 8. The molecule has 0 aliphatic rings. The van der Waals surface area contributed by atoms with Crippen LogP contribution >= 0.6 is 0 Å². The van der Waals surface area contributed by atoms with E-state index in [0.29, 0.717) is 25.3 Å². The van der Waals surface area contributed by atoms with Crippen molar-refractivity contribution in [2.75, 3.05) is 33.7 Å². The van der Waals surface area contributed by atoms with E-state index in [1.165, 1.54) is 16.6 Å². The lowest BCUT2D eigenvalue weighted by Crippen LogP contribution is -2.38. The number of aliphatic hydroxyl groups is 1. The number of aromatic amines is 1. The predicted molar refractivity (Wildman–Crippen MR) is 78.9 cm³/mol. The smallest absolute Gasteiger partial charge is 0.244 e. The van der Waals surface area contributed by atoms with Crippen molar-refractivity contribution in [2.24, 2.45) is 5.92 Å². The number of aliphatic hydroxyl groups excluding tert-OH is 1. The Balaban J connectivity index is 2.96. The summed E-state index contributed by atoms with van der Waals surface area (Å²) in [4.78, 5) is 4.94. The number of aromatic nitrogens is 1. The highest BCUT2D eigenvalue weighted by Crippen LogP contribution is 2.18. The fourth-order valence-corrected chi connectivity index (χ4v) is 3.45. The SMILES string of the molecule is CC(C)CN(CCN(C)C)S(=O)(=O)c1c[nH]c(CO)c1. The van der Waals surface area contributed by atoms with E-state index < -0.39 is 10.0 Å². The second-order valence-corrected chi connectivity index (χ2v) is 7.52. The summed E-state index contributed by atoms with van der Waals surface area (Å²) in [5.41, 5.74) is 0.501. The standard InChI is InChI=1S/C13H25N3O3S/c1-11(2)9-16(6-5-15(3)4)20(18,19)13-7-12(10-17)14-8-13/h7-8,11,14,17H,5-6,9-10H2,1-4H3. The normalized spacial score (nSPS) is 12.8. The van der Waals surface area contributed by atoms with Gasteiger partial charge in [0, 0.05) is 31.5 Å². The summed E-state index contributed by atoms with van der Waals surface area (Å²) in [6.45, 7) is 5.40. The Bertz CT molecular complexity index is 509. The quantitative estimate of drug-likeness (QED) is 0.742. The molecule has 0 aromatic carbocycles. The highest BCUT2D eigenvalue weighted by atomic mass is 32.2. The minimum atomic E-state index is -3.52. The average molecular weight is 303 g/mol. The maximum atomic E-state index is 12.6. The molecule has 20 heavy (non-hydrogen) atoms. The summed E-state index contributed by atoms with van der Waals surface area (Å²) in [7, 11) is 0.317. The summed E-state index contributed by atoms with van der Waals surface area (Å²) in [5, 5.41) is 9.03. The van der Waals surface area contributed by atoms with Gasteiger partial charge in [0.2, 0.25) is 10.0 Å². The molecule has 1 aromatic rings. The van der Waals surface area contributed by atoms with Gasteiger partial charge in [0.15, 0.2) is 0 Å². The van der Waals surface area contributed by atoms with E-state index in [4.69, 9.17) is 5.11 Å². The third kappa shape index (κ3) is 4.59. The van der Waals surface area contributed by atoms with Crippen molar-refractivity contribution in [3.8, 4) is 0 Å². The first-order valence-corrected chi connectivity index (χ1v) is 8.14. The first-order chi connectivity index (χ1) is 9.27. The van der Waals surface area contributed by atoms with Gasteiger partial charge >= 0.3 is 0 Å². The number of nitrogens with one attached hydrogen (secondary N) is 1. The molecule has 0 fully saturated rings. The highest BCUT2D eigenvalue weighted by molar-refractivity contribution is 7.89. The van der Waals surface area contributed by atoms with Crippen molar-refractivity contribution in [3.05, 3.63) is 18.0 Å². The average Bonchev–Trinajstić information content (AvgIpc) is 2.83. The van der Waals surface area contributed by atoms with Gasteiger partial charge in [0.25, 0.3) is 0 Å². The number of nitrogens with zero attached hydrogens (tertiary/aromatic N) is 2. The number of sulfonamides is 1. The number of H-pyrrole nitrogens is 1. The molecule has 0 unspecified atom stereocenters. The van der Waals surface area contributed by atoms with Gasteiger partial charge in [-0.3, -0.25) is 0 Å². The van der Waals surface area contributed by atoms with Crippen molar-refractivity contribution in [1.82, 2.24) is 14.2 Å². The van der Waals surface area contributed by atoms with E-state index in [0.717, 1.165) is 0 Å². The molecule has 0 amide bonds. The van der Waals surface area contributed by atoms with E-state index in [1.807, 2.05) is 32.8 Å². The molecule has 7 heteroatoms. The molecule has 0 saturated heterocycles. The zero-order valence-electron chi connectivity index (χ0n) is 12.6. The van der Waals surface area contributed by atoms with Crippen molar-refractivity contribution < 1.29 is 13.5 Å². The van der Waals surface area contributed by atoms with Crippen LogP contribution in [-0.4, -0.2) is 61.4 Å². The summed E-state index contributed by atoms with van der Waals surface area (Å²) in [6.07, 6.45) is 1.43. The van der Waals surface area contributed by atoms with Gasteiger partial charge in [-0.2, -0.15) is 4.31 Å². The van der Waals surface area contributed by atoms with Crippen molar-refractivity contribution in [1.29, 1.82) is 0 Å². The lowest BCUT2D eigenvalue weighted by atomic mass is 10.2.